The lowest BCUT2D eigenvalue weighted by molar-refractivity contribution is -0.156. The summed E-state index contributed by atoms with van der Waals surface area (Å²) in [6, 6.07) is 6.94. The van der Waals surface area contributed by atoms with Crippen LogP contribution in [-0.2, 0) is 9.59 Å². The first kappa shape index (κ1) is 18.7. The fourth-order valence-corrected chi connectivity index (χ4v) is 2.44. The number of anilines is 1. The molecule has 0 unspecified atom stereocenters. The summed E-state index contributed by atoms with van der Waals surface area (Å²) in [6.07, 6.45) is -3.30. The Hall–Kier alpha value is -2.64. The van der Waals surface area contributed by atoms with Crippen molar-refractivity contribution in [1.82, 2.24) is 4.90 Å². The number of carbonyl (C=O) groups is 2. The van der Waals surface area contributed by atoms with E-state index in [0.29, 0.717) is 10.6 Å². The first-order valence-electron chi connectivity index (χ1n) is 7.65. The van der Waals surface area contributed by atoms with Crippen LogP contribution in [0.5, 0.6) is 0 Å². The minimum Gasteiger partial charge on any atom is -0.325 e. The molecule has 0 saturated heterocycles. The molecular formula is C17H18F3N3O2. The van der Waals surface area contributed by atoms with Gasteiger partial charge in [0, 0.05) is 19.4 Å². The van der Waals surface area contributed by atoms with Crippen LogP contribution >= 0.6 is 0 Å². The van der Waals surface area contributed by atoms with Crippen molar-refractivity contribution in [3.8, 4) is 0 Å². The Morgan fingerprint density at radius 1 is 1.40 bits per heavy atom. The summed E-state index contributed by atoms with van der Waals surface area (Å²) >= 11 is 0. The highest BCUT2D eigenvalue weighted by atomic mass is 19.4. The van der Waals surface area contributed by atoms with Crippen molar-refractivity contribution in [3.63, 3.8) is 0 Å². The van der Waals surface area contributed by atoms with E-state index < -0.39 is 18.6 Å². The van der Waals surface area contributed by atoms with E-state index in [1.165, 1.54) is 6.08 Å². The van der Waals surface area contributed by atoms with E-state index in [9.17, 15) is 22.8 Å². The van der Waals surface area contributed by atoms with Crippen LogP contribution in [0, 0.1) is 6.92 Å². The van der Waals surface area contributed by atoms with Crippen molar-refractivity contribution in [2.75, 3.05) is 18.1 Å². The Balaban J connectivity index is 2.29. The zero-order valence-corrected chi connectivity index (χ0v) is 13.7. The monoisotopic (exact) mass is 353 g/mol. The first-order chi connectivity index (χ1) is 11.7. The molecule has 2 amide bonds. The van der Waals surface area contributed by atoms with Gasteiger partial charge in [-0.2, -0.15) is 18.3 Å². The van der Waals surface area contributed by atoms with Gasteiger partial charge in [0.2, 0.25) is 5.91 Å². The highest BCUT2D eigenvalue weighted by Gasteiger charge is 2.35. The number of amides is 2. The molecule has 0 N–H and O–H groups in total. The third-order valence-electron chi connectivity index (χ3n) is 3.53. The van der Waals surface area contributed by atoms with Gasteiger partial charge in [0.15, 0.2) is 0 Å². The largest absolute Gasteiger partial charge is 0.406 e. The summed E-state index contributed by atoms with van der Waals surface area (Å²) in [5.41, 5.74) is 1.29. The number of hydrogen-bond donors (Lipinski definition) is 0. The van der Waals surface area contributed by atoms with Crippen molar-refractivity contribution in [2.24, 2.45) is 5.10 Å². The quantitative estimate of drug-likeness (QED) is 0.764. The Morgan fingerprint density at radius 3 is 2.72 bits per heavy atom. The van der Waals surface area contributed by atoms with E-state index in [-0.39, 0.29) is 31.0 Å². The fraction of sp³-hybridized carbons (Fsp3) is 0.353. The lowest BCUT2D eigenvalue weighted by Crippen LogP contribution is -2.45. The zero-order valence-electron chi connectivity index (χ0n) is 13.7. The molecule has 1 aliphatic heterocycles. The predicted octanol–water partition coefficient (Wildman–Crippen LogP) is 3.05. The third-order valence-corrected chi connectivity index (χ3v) is 3.53. The standard InChI is InChI=1S/C17H18F3N3O2/c1-3-9-22(11-17(18,19)20)16(25)14-7-8-15(24)23(21-14)13-6-4-5-12(2)10-13/h3-6,10H,1,7-9,11H2,2H3. The average molecular weight is 353 g/mol. The van der Waals surface area contributed by atoms with Crippen molar-refractivity contribution in [2.45, 2.75) is 25.9 Å². The SMILES string of the molecule is C=CCN(CC(F)(F)F)C(=O)C1=NN(c2cccc(C)c2)C(=O)CC1. The van der Waals surface area contributed by atoms with Gasteiger partial charge in [-0.3, -0.25) is 9.59 Å². The minimum absolute atomic E-state index is 0.00544. The topological polar surface area (TPSA) is 53.0 Å². The molecule has 25 heavy (non-hydrogen) atoms. The van der Waals surface area contributed by atoms with E-state index in [2.05, 4.69) is 11.7 Å². The van der Waals surface area contributed by atoms with Crippen LogP contribution < -0.4 is 5.01 Å². The summed E-state index contributed by atoms with van der Waals surface area (Å²) in [5.74, 6) is -1.16. The number of alkyl halides is 3. The van der Waals surface area contributed by atoms with Gasteiger partial charge in [0.25, 0.3) is 5.91 Å². The summed E-state index contributed by atoms with van der Waals surface area (Å²) in [7, 11) is 0. The van der Waals surface area contributed by atoms with Gasteiger partial charge in [0.05, 0.1) is 5.69 Å². The number of aryl methyl sites for hydroxylation is 1. The van der Waals surface area contributed by atoms with E-state index >= 15 is 0 Å². The predicted molar refractivity (Wildman–Crippen MR) is 88.2 cm³/mol. The smallest absolute Gasteiger partial charge is 0.325 e. The molecule has 0 radical (unpaired) electrons. The molecule has 0 aliphatic carbocycles. The molecule has 2 rings (SSSR count). The maximum absolute atomic E-state index is 12.7. The number of halogens is 3. The summed E-state index contributed by atoms with van der Waals surface area (Å²) in [6.45, 7) is 3.57. The Kier molecular flexibility index (Phi) is 5.61. The Morgan fingerprint density at radius 2 is 2.12 bits per heavy atom. The van der Waals surface area contributed by atoms with Crippen LogP contribution in [-0.4, -0.2) is 41.7 Å². The van der Waals surface area contributed by atoms with Gasteiger partial charge >= 0.3 is 6.18 Å². The Bertz CT molecular complexity index is 713. The highest BCUT2D eigenvalue weighted by Crippen LogP contribution is 2.23. The molecule has 1 aliphatic rings. The van der Waals surface area contributed by atoms with E-state index in [1.54, 1.807) is 18.2 Å². The Labute approximate surface area is 143 Å². The second kappa shape index (κ2) is 7.50. The molecule has 1 aromatic carbocycles. The zero-order chi connectivity index (χ0) is 18.6. The second-order valence-electron chi connectivity index (χ2n) is 5.68. The van der Waals surface area contributed by atoms with Crippen molar-refractivity contribution >= 4 is 23.2 Å². The fourth-order valence-electron chi connectivity index (χ4n) is 2.44. The molecule has 0 aromatic heterocycles. The number of hydrogen-bond acceptors (Lipinski definition) is 3. The van der Waals surface area contributed by atoms with Crippen LogP contribution in [0.4, 0.5) is 18.9 Å². The average Bonchev–Trinajstić information content (AvgIpc) is 2.53. The molecule has 1 heterocycles. The summed E-state index contributed by atoms with van der Waals surface area (Å²) in [4.78, 5) is 25.1. The van der Waals surface area contributed by atoms with Crippen LogP contribution in [0.1, 0.15) is 18.4 Å². The number of hydrazone groups is 1. The van der Waals surface area contributed by atoms with Gasteiger partial charge in [-0.05, 0) is 24.6 Å². The number of benzene rings is 1. The second-order valence-corrected chi connectivity index (χ2v) is 5.68. The normalized spacial score (nSPS) is 15.0. The van der Waals surface area contributed by atoms with E-state index in [1.807, 2.05) is 13.0 Å². The van der Waals surface area contributed by atoms with Gasteiger partial charge in [-0.15, -0.1) is 6.58 Å². The molecule has 5 nitrogen and oxygen atoms in total. The molecule has 134 valence electrons. The van der Waals surface area contributed by atoms with Gasteiger partial charge in [0.1, 0.15) is 12.3 Å². The molecular weight excluding hydrogens is 335 g/mol. The molecule has 1 aromatic rings. The summed E-state index contributed by atoms with van der Waals surface area (Å²) in [5, 5.41) is 5.09. The maximum atomic E-state index is 12.7. The van der Waals surface area contributed by atoms with Gasteiger partial charge in [-0.1, -0.05) is 18.2 Å². The number of nitrogens with zero attached hydrogens (tertiary/aromatic N) is 3. The molecule has 8 heteroatoms. The van der Waals surface area contributed by atoms with Crippen molar-refractivity contribution in [1.29, 1.82) is 0 Å². The number of carbonyl (C=O) groups excluding carboxylic acids is 2. The van der Waals surface area contributed by atoms with Crippen molar-refractivity contribution in [3.05, 3.63) is 42.5 Å². The highest BCUT2D eigenvalue weighted by molar-refractivity contribution is 6.40. The van der Waals surface area contributed by atoms with E-state index in [4.69, 9.17) is 0 Å². The molecule has 0 bridgehead atoms. The lowest BCUT2D eigenvalue weighted by Gasteiger charge is -2.27. The first-order valence-corrected chi connectivity index (χ1v) is 7.65. The number of rotatable bonds is 5. The minimum atomic E-state index is -4.53. The summed E-state index contributed by atoms with van der Waals surface area (Å²) < 4.78 is 38.0. The maximum Gasteiger partial charge on any atom is 0.406 e. The molecule has 0 atom stereocenters. The van der Waals surface area contributed by atoms with Crippen LogP contribution in [0.15, 0.2) is 42.0 Å². The molecule has 0 saturated carbocycles. The van der Waals surface area contributed by atoms with Crippen LogP contribution in [0.25, 0.3) is 0 Å². The third kappa shape index (κ3) is 4.91. The van der Waals surface area contributed by atoms with E-state index in [0.717, 1.165) is 10.6 Å². The molecule has 0 fully saturated rings. The van der Waals surface area contributed by atoms with Gasteiger partial charge < -0.3 is 4.90 Å². The van der Waals surface area contributed by atoms with Gasteiger partial charge in [-0.25, -0.2) is 5.01 Å². The van der Waals surface area contributed by atoms with Crippen molar-refractivity contribution < 1.29 is 22.8 Å². The van der Waals surface area contributed by atoms with Crippen LogP contribution in [0.3, 0.4) is 0 Å². The van der Waals surface area contributed by atoms with Crippen LogP contribution in [0.2, 0.25) is 0 Å². The lowest BCUT2D eigenvalue weighted by atomic mass is 10.1. The molecule has 0 spiro atoms.